The van der Waals surface area contributed by atoms with Gasteiger partial charge in [0.1, 0.15) is 0 Å². The van der Waals surface area contributed by atoms with Gasteiger partial charge in [-0.05, 0) is 35.9 Å². The fraction of sp³-hybridized carbons (Fsp3) is 0.0476. The van der Waals surface area contributed by atoms with E-state index in [2.05, 4.69) is 10.3 Å². The third-order valence-corrected chi connectivity index (χ3v) is 6.40. The fourth-order valence-electron chi connectivity index (χ4n) is 2.69. The van der Waals surface area contributed by atoms with Crippen LogP contribution in [0.2, 0.25) is 0 Å². The van der Waals surface area contributed by atoms with Gasteiger partial charge in [-0.3, -0.25) is 14.9 Å². The zero-order chi connectivity index (χ0) is 20.2. The number of nitrogens with one attached hydrogen (secondary N) is 1. The number of aromatic nitrogens is 1. The zero-order valence-corrected chi connectivity index (χ0v) is 16.7. The van der Waals surface area contributed by atoms with Gasteiger partial charge < -0.3 is 5.32 Å². The Hall–Kier alpha value is -3.23. The minimum atomic E-state index is -0.404. The smallest absolute Gasteiger partial charge is 0.269 e. The third kappa shape index (κ3) is 4.61. The van der Waals surface area contributed by atoms with E-state index in [1.807, 2.05) is 36.4 Å². The summed E-state index contributed by atoms with van der Waals surface area (Å²) in [5.41, 5.74) is 3.29. The van der Waals surface area contributed by atoms with Crippen LogP contribution in [-0.2, 0) is 5.75 Å². The van der Waals surface area contributed by atoms with Crippen LogP contribution in [0.15, 0.2) is 77.1 Å². The lowest BCUT2D eigenvalue weighted by Crippen LogP contribution is -2.11. The summed E-state index contributed by atoms with van der Waals surface area (Å²) in [6.45, 7) is 0. The molecular weight excluding hydrogens is 406 g/mol. The van der Waals surface area contributed by atoms with Crippen LogP contribution in [0.4, 0.5) is 11.4 Å². The minimum absolute atomic E-state index is 0.0869. The number of nitrogens with zero attached hydrogens (tertiary/aromatic N) is 2. The number of carbonyl (C=O) groups excluding carboxylic acids is 1. The van der Waals surface area contributed by atoms with E-state index in [-0.39, 0.29) is 11.6 Å². The summed E-state index contributed by atoms with van der Waals surface area (Å²) in [5.74, 6) is 0.525. The molecule has 0 aliphatic rings. The van der Waals surface area contributed by atoms with Gasteiger partial charge in [0.15, 0.2) is 4.34 Å². The molecule has 4 aromatic rings. The van der Waals surface area contributed by atoms with Crippen LogP contribution in [0.25, 0.3) is 10.2 Å². The van der Waals surface area contributed by atoms with E-state index in [1.165, 1.54) is 12.1 Å². The van der Waals surface area contributed by atoms with E-state index in [1.54, 1.807) is 47.4 Å². The molecule has 1 heterocycles. The molecule has 3 aromatic carbocycles. The normalized spacial score (nSPS) is 10.8. The van der Waals surface area contributed by atoms with Crippen molar-refractivity contribution in [2.75, 3.05) is 5.32 Å². The Labute approximate surface area is 174 Å². The molecule has 0 aliphatic heterocycles. The molecule has 0 saturated carbocycles. The minimum Gasteiger partial charge on any atom is -0.322 e. The van der Waals surface area contributed by atoms with Crippen LogP contribution in [0.3, 0.4) is 0 Å². The van der Waals surface area contributed by atoms with Crippen molar-refractivity contribution in [1.29, 1.82) is 0 Å². The van der Waals surface area contributed by atoms with Crippen molar-refractivity contribution in [3.63, 3.8) is 0 Å². The number of nitro benzene ring substituents is 1. The summed E-state index contributed by atoms with van der Waals surface area (Å²) in [5, 5.41) is 13.6. The fourth-order valence-corrected chi connectivity index (χ4v) is 4.76. The average molecular weight is 422 g/mol. The standard InChI is InChI=1S/C21H15N3O3S2/c25-20(15-4-2-1-3-5-15)22-16-8-11-18-19(12-16)29-21(23-18)28-13-14-6-9-17(10-7-14)24(26)27/h1-12H,13H2,(H,22,25). The van der Waals surface area contributed by atoms with Gasteiger partial charge in [0, 0.05) is 29.1 Å². The van der Waals surface area contributed by atoms with Crippen molar-refractivity contribution in [2.24, 2.45) is 0 Å². The highest BCUT2D eigenvalue weighted by atomic mass is 32.2. The van der Waals surface area contributed by atoms with Gasteiger partial charge in [-0.15, -0.1) is 11.3 Å². The van der Waals surface area contributed by atoms with Crippen LogP contribution in [0, 0.1) is 10.1 Å². The summed E-state index contributed by atoms with van der Waals surface area (Å²) in [6.07, 6.45) is 0. The number of benzene rings is 3. The van der Waals surface area contributed by atoms with Crippen LogP contribution < -0.4 is 5.32 Å². The van der Waals surface area contributed by atoms with Gasteiger partial charge in [-0.2, -0.15) is 0 Å². The highest BCUT2D eigenvalue weighted by Gasteiger charge is 2.10. The molecule has 8 heteroatoms. The molecule has 0 bridgehead atoms. The van der Waals surface area contributed by atoms with Gasteiger partial charge in [0.05, 0.1) is 15.1 Å². The molecule has 0 radical (unpaired) electrons. The van der Waals surface area contributed by atoms with E-state index in [0.29, 0.717) is 11.3 Å². The zero-order valence-electron chi connectivity index (χ0n) is 15.1. The lowest BCUT2D eigenvalue weighted by atomic mass is 10.2. The summed E-state index contributed by atoms with van der Waals surface area (Å²) >= 11 is 3.13. The first-order valence-corrected chi connectivity index (χ1v) is 10.5. The number of thioether (sulfide) groups is 1. The summed E-state index contributed by atoms with van der Waals surface area (Å²) in [4.78, 5) is 27.3. The second-order valence-corrected chi connectivity index (χ2v) is 8.45. The maximum Gasteiger partial charge on any atom is 0.269 e. The van der Waals surface area contributed by atoms with E-state index >= 15 is 0 Å². The van der Waals surface area contributed by atoms with Crippen molar-refractivity contribution in [3.05, 3.63) is 94.0 Å². The third-order valence-electron chi connectivity index (χ3n) is 4.17. The van der Waals surface area contributed by atoms with E-state index in [9.17, 15) is 14.9 Å². The Morgan fingerprint density at radius 3 is 2.55 bits per heavy atom. The van der Waals surface area contributed by atoms with E-state index in [4.69, 9.17) is 0 Å². The topological polar surface area (TPSA) is 85.1 Å². The van der Waals surface area contributed by atoms with Crippen molar-refractivity contribution in [1.82, 2.24) is 4.98 Å². The predicted molar refractivity (Wildman–Crippen MR) is 117 cm³/mol. The maximum atomic E-state index is 12.3. The number of hydrogen-bond acceptors (Lipinski definition) is 6. The molecule has 0 aliphatic carbocycles. The Morgan fingerprint density at radius 1 is 1.07 bits per heavy atom. The van der Waals surface area contributed by atoms with Crippen LogP contribution in [0.5, 0.6) is 0 Å². The number of anilines is 1. The first-order valence-electron chi connectivity index (χ1n) is 8.71. The SMILES string of the molecule is O=C(Nc1ccc2nc(SCc3ccc([N+](=O)[O-])cc3)sc2c1)c1ccccc1. The number of hydrogen-bond donors (Lipinski definition) is 1. The van der Waals surface area contributed by atoms with Crippen LogP contribution in [0.1, 0.15) is 15.9 Å². The van der Waals surface area contributed by atoms with Crippen LogP contribution in [-0.4, -0.2) is 15.8 Å². The summed E-state index contributed by atoms with van der Waals surface area (Å²) < 4.78 is 1.90. The Morgan fingerprint density at radius 2 is 1.83 bits per heavy atom. The van der Waals surface area contributed by atoms with Gasteiger partial charge in [-0.1, -0.05) is 42.1 Å². The first-order chi connectivity index (χ1) is 14.1. The number of amides is 1. The molecule has 29 heavy (non-hydrogen) atoms. The van der Waals surface area contributed by atoms with E-state index in [0.717, 1.165) is 25.8 Å². The highest BCUT2D eigenvalue weighted by Crippen LogP contribution is 2.33. The lowest BCUT2D eigenvalue weighted by molar-refractivity contribution is -0.384. The van der Waals surface area contributed by atoms with E-state index < -0.39 is 4.92 Å². The monoisotopic (exact) mass is 421 g/mol. The second-order valence-electron chi connectivity index (χ2n) is 6.19. The largest absolute Gasteiger partial charge is 0.322 e. The Bertz CT molecular complexity index is 1170. The number of non-ortho nitro benzene ring substituents is 1. The lowest BCUT2D eigenvalue weighted by Gasteiger charge is -2.04. The van der Waals surface area contributed by atoms with Gasteiger partial charge in [0.2, 0.25) is 0 Å². The molecule has 4 rings (SSSR count). The number of rotatable bonds is 6. The molecule has 0 spiro atoms. The molecule has 1 amide bonds. The van der Waals surface area contributed by atoms with Crippen molar-refractivity contribution >= 4 is 50.6 Å². The predicted octanol–water partition coefficient (Wildman–Crippen LogP) is 5.75. The molecule has 144 valence electrons. The maximum absolute atomic E-state index is 12.3. The molecular formula is C21H15N3O3S2. The molecule has 1 N–H and O–H groups in total. The Balaban J connectivity index is 1.44. The molecule has 6 nitrogen and oxygen atoms in total. The average Bonchev–Trinajstić information content (AvgIpc) is 3.15. The van der Waals surface area contributed by atoms with Gasteiger partial charge in [0.25, 0.3) is 11.6 Å². The number of thiazole rings is 1. The van der Waals surface area contributed by atoms with Crippen molar-refractivity contribution in [2.45, 2.75) is 10.1 Å². The second kappa shape index (κ2) is 8.42. The molecule has 0 atom stereocenters. The number of nitro groups is 1. The van der Waals surface area contributed by atoms with Crippen LogP contribution >= 0.6 is 23.1 Å². The molecule has 1 aromatic heterocycles. The highest BCUT2D eigenvalue weighted by molar-refractivity contribution is 8.00. The number of fused-ring (bicyclic) bond motifs is 1. The molecule has 0 fully saturated rings. The first kappa shape index (κ1) is 19.1. The molecule has 0 saturated heterocycles. The van der Waals surface area contributed by atoms with Gasteiger partial charge >= 0.3 is 0 Å². The summed E-state index contributed by atoms with van der Waals surface area (Å²) in [6, 6.07) is 21.3. The van der Waals surface area contributed by atoms with Crippen molar-refractivity contribution < 1.29 is 9.72 Å². The quantitative estimate of drug-likeness (QED) is 0.243. The summed E-state index contributed by atoms with van der Waals surface area (Å²) in [7, 11) is 0. The Kier molecular flexibility index (Phi) is 5.55. The van der Waals surface area contributed by atoms with Crippen molar-refractivity contribution in [3.8, 4) is 0 Å². The van der Waals surface area contributed by atoms with Gasteiger partial charge in [-0.25, -0.2) is 4.98 Å². The molecule has 0 unspecified atom stereocenters. The number of carbonyl (C=O) groups is 1.